The van der Waals surface area contributed by atoms with Crippen LogP contribution in [0, 0.1) is 6.08 Å². The predicted molar refractivity (Wildman–Crippen MR) is 123 cm³/mol. The molecule has 7 heteroatoms. The molecule has 0 aliphatic carbocycles. The van der Waals surface area contributed by atoms with E-state index in [2.05, 4.69) is 14.7 Å². The third-order valence-electron chi connectivity index (χ3n) is 5.46. The van der Waals surface area contributed by atoms with Crippen LogP contribution in [0.3, 0.4) is 0 Å². The second-order valence-corrected chi connectivity index (χ2v) is 9.45. The molecule has 0 aliphatic heterocycles. The average molecular weight is 450 g/mol. The summed E-state index contributed by atoms with van der Waals surface area (Å²) < 4.78 is 40.2. The molecule has 164 valence electrons. The van der Waals surface area contributed by atoms with Crippen molar-refractivity contribution in [3.63, 3.8) is 0 Å². The highest BCUT2D eigenvalue weighted by Gasteiger charge is 2.42. The molecule has 0 aliphatic rings. The summed E-state index contributed by atoms with van der Waals surface area (Å²) >= 11 is 0. The lowest BCUT2D eigenvalue weighted by molar-refractivity contribution is 0.544. The fourth-order valence-corrected chi connectivity index (χ4v) is 4.68. The van der Waals surface area contributed by atoms with Gasteiger partial charge in [-0.05, 0) is 16.7 Å². The molecule has 1 heterocycles. The standard InChI is InChI=1S/C25H24FN3O2S/c1-32(30,31)27-18-17-22-23(29-24(26)28-22)25(19-11-5-2-6-12-19,20-13-7-3-8-14-20)21-15-9-4-10-16-21/h2-16,27H,17-18H2,1H3,(H,28,29). The average Bonchev–Trinajstić information content (AvgIpc) is 3.16. The largest absolute Gasteiger partial charge is 0.318 e. The van der Waals surface area contributed by atoms with Gasteiger partial charge < -0.3 is 4.98 Å². The molecule has 1 aromatic heterocycles. The number of aromatic nitrogens is 2. The Hall–Kier alpha value is -3.29. The van der Waals surface area contributed by atoms with Crippen molar-refractivity contribution < 1.29 is 12.8 Å². The summed E-state index contributed by atoms with van der Waals surface area (Å²) in [5.41, 5.74) is 2.94. The molecule has 32 heavy (non-hydrogen) atoms. The maximum absolute atomic E-state index is 14.6. The molecule has 4 aromatic rings. The van der Waals surface area contributed by atoms with Crippen molar-refractivity contribution >= 4 is 10.0 Å². The number of hydrogen-bond acceptors (Lipinski definition) is 3. The van der Waals surface area contributed by atoms with Crippen molar-refractivity contribution in [1.82, 2.24) is 14.7 Å². The maximum atomic E-state index is 14.6. The van der Waals surface area contributed by atoms with E-state index in [0.29, 0.717) is 11.4 Å². The molecule has 0 radical (unpaired) electrons. The zero-order valence-corrected chi connectivity index (χ0v) is 18.4. The Morgan fingerprint density at radius 1 is 0.844 bits per heavy atom. The van der Waals surface area contributed by atoms with Crippen molar-refractivity contribution in [2.24, 2.45) is 0 Å². The van der Waals surface area contributed by atoms with Crippen LogP contribution in [0.15, 0.2) is 91.0 Å². The summed E-state index contributed by atoms with van der Waals surface area (Å²) in [6.45, 7) is 0.127. The SMILES string of the molecule is CS(=O)(=O)NCCc1[nH]c(F)nc1C(c1ccccc1)(c1ccccc1)c1ccccc1. The van der Waals surface area contributed by atoms with Gasteiger partial charge in [-0.25, -0.2) is 18.1 Å². The number of imidazole rings is 1. The summed E-state index contributed by atoms with van der Waals surface area (Å²) in [5, 5.41) is 0. The van der Waals surface area contributed by atoms with E-state index in [9.17, 15) is 12.8 Å². The van der Waals surface area contributed by atoms with E-state index in [1.807, 2.05) is 91.0 Å². The highest BCUT2D eigenvalue weighted by Crippen LogP contribution is 2.45. The van der Waals surface area contributed by atoms with Gasteiger partial charge in [0.1, 0.15) is 0 Å². The first-order valence-electron chi connectivity index (χ1n) is 10.3. The maximum Gasteiger partial charge on any atom is 0.287 e. The lowest BCUT2D eigenvalue weighted by atomic mass is 9.66. The Balaban J connectivity index is 2.00. The molecule has 3 aromatic carbocycles. The first-order chi connectivity index (χ1) is 15.4. The van der Waals surface area contributed by atoms with E-state index in [4.69, 9.17) is 0 Å². The number of nitrogens with one attached hydrogen (secondary N) is 2. The number of aromatic amines is 1. The molecule has 0 atom stereocenters. The summed E-state index contributed by atoms with van der Waals surface area (Å²) in [6.07, 6.45) is 0.651. The minimum atomic E-state index is -3.37. The molecule has 0 bridgehead atoms. The van der Waals surface area contributed by atoms with Crippen LogP contribution in [0.1, 0.15) is 28.1 Å². The Kier molecular flexibility index (Phi) is 6.21. The molecule has 5 nitrogen and oxygen atoms in total. The normalized spacial score (nSPS) is 12.1. The van der Waals surface area contributed by atoms with Crippen molar-refractivity contribution in [2.75, 3.05) is 12.8 Å². The second kappa shape index (κ2) is 9.06. The highest BCUT2D eigenvalue weighted by molar-refractivity contribution is 7.88. The van der Waals surface area contributed by atoms with Crippen molar-refractivity contribution in [2.45, 2.75) is 11.8 Å². The first-order valence-corrected chi connectivity index (χ1v) is 12.2. The van der Waals surface area contributed by atoms with Gasteiger partial charge in [0.25, 0.3) is 6.08 Å². The third kappa shape index (κ3) is 4.35. The molecule has 0 fully saturated rings. The zero-order chi connectivity index (χ0) is 22.6. The van der Waals surface area contributed by atoms with Gasteiger partial charge in [0.15, 0.2) is 0 Å². The van der Waals surface area contributed by atoms with Gasteiger partial charge in [-0.2, -0.15) is 4.39 Å². The molecule has 0 saturated carbocycles. The monoisotopic (exact) mass is 449 g/mol. The van der Waals surface area contributed by atoms with Gasteiger partial charge in [0, 0.05) is 18.7 Å². The summed E-state index contributed by atoms with van der Waals surface area (Å²) in [4.78, 5) is 7.06. The van der Waals surface area contributed by atoms with Crippen molar-refractivity contribution in [1.29, 1.82) is 0 Å². The van der Waals surface area contributed by atoms with E-state index < -0.39 is 21.5 Å². The fraction of sp³-hybridized carbons (Fsp3) is 0.160. The quantitative estimate of drug-likeness (QED) is 0.399. The van der Waals surface area contributed by atoms with E-state index in [1.54, 1.807) is 0 Å². The fourth-order valence-electron chi connectivity index (χ4n) is 4.20. The summed E-state index contributed by atoms with van der Waals surface area (Å²) in [7, 11) is -3.37. The summed E-state index contributed by atoms with van der Waals surface area (Å²) in [5.74, 6) is 0. The number of H-pyrrole nitrogens is 1. The lowest BCUT2D eigenvalue weighted by Crippen LogP contribution is -2.33. The van der Waals surface area contributed by atoms with Gasteiger partial charge in [-0.3, -0.25) is 0 Å². The molecular formula is C25H24FN3O2S. The minimum absolute atomic E-state index is 0.127. The Morgan fingerprint density at radius 2 is 1.28 bits per heavy atom. The van der Waals surface area contributed by atoms with Crippen LogP contribution in [-0.4, -0.2) is 31.2 Å². The van der Waals surface area contributed by atoms with Crippen LogP contribution in [0.5, 0.6) is 0 Å². The van der Waals surface area contributed by atoms with Crippen LogP contribution < -0.4 is 4.72 Å². The van der Waals surface area contributed by atoms with Crippen LogP contribution in [-0.2, 0) is 21.9 Å². The number of sulfonamides is 1. The van der Waals surface area contributed by atoms with Crippen LogP contribution in [0.2, 0.25) is 0 Å². The number of hydrogen-bond donors (Lipinski definition) is 2. The van der Waals surface area contributed by atoms with Gasteiger partial charge in [-0.15, -0.1) is 0 Å². The smallest absolute Gasteiger partial charge is 0.287 e. The van der Waals surface area contributed by atoms with Gasteiger partial charge in [-0.1, -0.05) is 91.0 Å². The molecule has 0 spiro atoms. The zero-order valence-electron chi connectivity index (χ0n) is 17.6. The second-order valence-electron chi connectivity index (χ2n) is 7.62. The molecule has 0 saturated heterocycles. The number of rotatable bonds is 8. The van der Waals surface area contributed by atoms with E-state index >= 15 is 0 Å². The highest BCUT2D eigenvalue weighted by atomic mass is 32.2. The molecule has 4 rings (SSSR count). The molecular weight excluding hydrogens is 425 g/mol. The van der Waals surface area contributed by atoms with Gasteiger partial charge in [0.2, 0.25) is 10.0 Å². The topological polar surface area (TPSA) is 74.8 Å². The van der Waals surface area contributed by atoms with Crippen LogP contribution in [0.4, 0.5) is 4.39 Å². The predicted octanol–water partition coefficient (Wildman–Crippen LogP) is 4.02. The molecule has 2 N–H and O–H groups in total. The minimum Gasteiger partial charge on any atom is -0.318 e. The van der Waals surface area contributed by atoms with Gasteiger partial charge >= 0.3 is 0 Å². The Labute approximate surface area is 187 Å². The van der Waals surface area contributed by atoms with Crippen LogP contribution >= 0.6 is 0 Å². The Morgan fingerprint density at radius 3 is 1.69 bits per heavy atom. The third-order valence-corrected chi connectivity index (χ3v) is 6.19. The van der Waals surface area contributed by atoms with E-state index in [0.717, 1.165) is 22.9 Å². The number of halogens is 1. The van der Waals surface area contributed by atoms with Crippen molar-refractivity contribution in [3.05, 3.63) is 125 Å². The van der Waals surface area contributed by atoms with Crippen molar-refractivity contribution in [3.8, 4) is 0 Å². The van der Waals surface area contributed by atoms with Gasteiger partial charge in [0.05, 0.1) is 17.4 Å². The van der Waals surface area contributed by atoms with E-state index in [1.165, 1.54) is 0 Å². The summed E-state index contributed by atoms with van der Waals surface area (Å²) in [6, 6.07) is 29.5. The number of nitrogens with zero attached hydrogens (tertiary/aromatic N) is 1. The molecule has 0 unspecified atom stereocenters. The van der Waals surface area contributed by atoms with E-state index in [-0.39, 0.29) is 13.0 Å². The molecule has 0 amide bonds. The lowest BCUT2D eigenvalue weighted by Gasteiger charge is -2.35. The first kappa shape index (κ1) is 21.9. The number of benzene rings is 3. The van der Waals surface area contributed by atoms with Crippen LogP contribution in [0.25, 0.3) is 0 Å². The Bertz CT molecular complexity index is 1180.